The lowest BCUT2D eigenvalue weighted by Gasteiger charge is -2.22. The lowest BCUT2D eigenvalue weighted by atomic mass is 10.2. The SMILES string of the molecule is CCOc1ccccc1-n1ccc(C2OCCN2Cc2ccccc2)c1. The highest BCUT2D eigenvalue weighted by atomic mass is 16.5. The molecule has 0 N–H and O–H groups in total. The van der Waals surface area contributed by atoms with Crippen molar-refractivity contribution in [1.82, 2.24) is 9.47 Å². The number of nitrogens with zero attached hydrogens (tertiary/aromatic N) is 2. The maximum absolute atomic E-state index is 6.03. The van der Waals surface area contributed by atoms with Crippen molar-refractivity contribution in [2.75, 3.05) is 19.8 Å². The number of aromatic nitrogens is 1. The van der Waals surface area contributed by atoms with Gasteiger partial charge < -0.3 is 14.0 Å². The zero-order valence-corrected chi connectivity index (χ0v) is 15.0. The van der Waals surface area contributed by atoms with Gasteiger partial charge in [-0.15, -0.1) is 0 Å². The molecule has 0 saturated carbocycles. The van der Waals surface area contributed by atoms with E-state index in [1.807, 2.05) is 25.1 Å². The monoisotopic (exact) mass is 348 g/mol. The minimum absolute atomic E-state index is 0.00397. The van der Waals surface area contributed by atoms with Crippen LogP contribution in [0.3, 0.4) is 0 Å². The van der Waals surface area contributed by atoms with Gasteiger partial charge in [0.2, 0.25) is 0 Å². The van der Waals surface area contributed by atoms with Crippen LogP contribution >= 0.6 is 0 Å². The van der Waals surface area contributed by atoms with E-state index in [0.717, 1.165) is 31.1 Å². The van der Waals surface area contributed by atoms with Gasteiger partial charge in [0.25, 0.3) is 0 Å². The van der Waals surface area contributed by atoms with E-state index in [0.29, 0.717) is 6.61 Å². The molecule has 134 valence electrons. The summed E-state index contributed by atoms with van der Waals surface area (Å²) in [6, 6.07) is 20.8. The Morgan fingerprint density at radius 3 is 2.69 bits per heavy atom. The third-order valence-electron chi connectivity index (χ3n) is 4.66. The summed E-state index contributed by atoms with van der Waals surface area (Å²) in [6.45, 7) is 5.26. The maximum atomic E-state index is 6.03. The highest BCUT2D eigenvalue weighted by Gasteiger charge is 2.27. The fraction of sp³-hybridized carbons (Fsp3) is 0.273. The van der Waals surface area contributed by atoms with E-state index in [2.05, 4.69) is 64.3 Å². The van der Waals surface area contributed by atoms with Crippen LogP contribution in [0.5, 0.6) is 5.75 Å². The normalized spacial score (nSPS) is 17.5. The number of hydrogen-bond acceptors (Lipinski definition) is 3. The minimum Gasteiger partial charge on any atom is -0.492 e. The molecule has 1 fully saturated rings. The van der Waals surface area contributed by atoms with Crippen LogP contribution in [0.2, 0.25) is 0 Å². The summed E-state index contributed by atoms with van der Waals surface area (Å²) in [7, 11) is 0. The molecule has 1 atom stereocenters. The van der Waals surface area contributed by atoms with Gasteiger partial charge in [-0.3, -0.25) is 4.90 Å². The Hall–Kier alpha value is -2.56. The van der Waals surface area contributed by atoms with Gasteiger partial charge in [-0.1, -0.05) is 42.5 Å². The Bertz CT molecular complexity index is 844. The molecule has 1 unspecified atom stereocenters. The second kappa shape index (κ2) is 7.77. The molecule has 2 heterocycles. The van der Waals surface area contributed by atoms with E-state index < -0.39 is 0 Å². The molecule has 1 saturated heterocycles. The molecular weight excluding hydrogens is 324 g/mol. The Morgan fingerprint density at radius 2 is 1.85 bits per heavy atom. The number of para-hydroxylation sites is 2. The van der Waals surface area contributed by atoms with Crippen LogP contribution in [0.4, 0.5) is 0 Å². The fourth-order valence-electron chi connectivity index (χ4n) is 3.45. The van der Waals surface area contributed by atoms with E-state index in [1.54, 1.807) is 0 Å². The Morgan fingerprint density at radius 1 is 1.04 bits per heavy atom. The Kier molecular flexibility index (Phi) is 5.04. The maximum Gasteiger partial charge on any atom is 0.143 e. The van der Waals surface area contributed by atoms with Gasteiger partial charge in [0, 0.05) is 31.0 Å². The van der Waals surface area contributed by atoms with Gasteiger partial charge >= 0.3 is 0 Å². The van der Waals surface area contributed by atoms with Gasteiger partial charge in [-0.2, -0.15) is 0 Å². The van der Waals surface area contributed by atoms with Crippen molar-refractivity contribution in [3.63, 3.8) is 0 Å². The van der Waals surface area contributed by atoms with Crippen LogP contribution in [0, 0.1) is 0 Å². The highest BCUT2D eigenvalue weighted by molar-refractivity contribution is 5.47. The van der Waals surface area contributed by atoms with Gasteiger partial charge in [0.1, 0.15) is 12.0 Å². The molecule has 0 spiro atoms. The van der Waals surface area contributed by atoms with Crippen LogP contribution in [0.1, 0.15) is 24.3 Å². The van der Waals surface area contributed by atoms with Crippen molar-refractivity contribution in [2.45, 2.75) is 19.7 Å². The van der Waals surface area contributed by atoms with Crippen molar-refractivity contribution >= 4 is 0 Å². The molecular formula is C22H24N2O2. The lowest BCUT2D eigenvalue weighted by Crippen LogP contribution is -2.23. The molecule has 0 bridgehead atoms. The summed E-state index contributed by atoms with van der Waals surface area (Å²) in [5, 5.41) is 0. The molecule has 0 aliphatic carbocycles. The molecule has 4 heteroatoms. The topological polar surface area (TPSA) is 26.6 Å². The molecule has 4 nitrogen and oxygen atoms in total. The fourth-order valence-corrected chi connectivity index (χ4v) is 3.45. The van der Waals surface area contributed by atoms with E-state index in [1.165, 1.54) is 11.1 Å². The average Bonchev–Trinajstić information content (AvgIpc) is 3.32. The van der Waals surface area contributed by atoms with E-state index in [-0.39, 0.29) is 6.23 Å². The van der Waals surface area contributed by atoms with Crippen LogP contribution < -0.4 is 4.74 Å². The standard InChI is InChI=1S/C22H24N2O2/c1-2-25-21-11-7-6-10-20(21)23-13-12-19(17-23)22-24(14-15-26-22)16-18-8-4-3-5-9-18/h3-13,17,22H,2,14-16H2,1H3. The quantitative estimate of drug-likeness (QED) is 0.660. The molecule has 1 aliphatic heterocycles. The first-order chi connectivity index (χ1) is 12.8. The predicted octanol–water partition coefficient (Wildman–Crippen LogP) is 4.41. The van der Waals surface area contributed by atoms with Crippen molar-refractivity contribution in [1.29, 1.82) is 0 Å². The lowest BCUT2D eigenvalue weighted by molar-refractivity contribution is 0.0288. The first kappa shape index (κ1) is 16.9. The summed E-state index contributed by atoms with van der Waals surface area (Å²) in [4.78, 5) is 2.38. The smallest absolute Gasteiger partial charge is 0.143 e. The molecule has 1 aromatic heterocycles. The molecule has 1 aliphatic rings. The van der Waals surface area contributed by atoms with Crippen molar-refractivity contribution in [2.24, 2.45) is 0 Å². The molecule has 0 amide bonds. The zero-order valence-electron chi connectivity index (χ0n) is 15.0. The summed E-state index contributed by atoms with van der Waals surface area (Å²) in [5.41, 5.74) is 3.53. The third kappa shape index (κ3) is 3.52. The third-order valence-corrected chi connectivity index (χ3v) is 4.66. The van der Waals surface area contributed by atoms with Crippen LogP contribution in [-0.2, 0) is 11.3 Å². The number of benzene rings is 2. The van der Waals surface area contributed by atoms with E-state index in [9.17, 15) is 0 Å². The van der Waals surface area contributed by atoms with Crippen LogP contribution in [0.15, 0.2) is 73.1 Å². The number of ether oxygens (including phenoxy) is 2. The first-order valence-corrected chi connectivity index (χ1v) is 9.15. The highest BCUT2D eigenvalue weighted by Crippen LogP contribution is 2.31. The summed E-state index contributed by atoms with van der Waals surface area (Å²) in [6.07, 6.45) is 4.22. The van der Waals surface area contributed by atoms with Crippen LogP contribution in [-0.4, -0.2) is 29.2 Å². The Labute approximate surface area is 154 Å². The molecule has 2 aromatic carbocycles. The summed E-state index contributed by atoms with van der Waals surface area (Å²) in [5.74, 6) is 0.894. The first-order valence-electron chi connectivity index (χ1n) is 9.15. The zero-order chi connectivity index (χ0) is 17.8. The van der Waals surface area contributed by atoms with Crippen molar-refractivity contribution in [3.8, 4) is 11.4 Å². The van der Waals surface area contributed by atoms with Crippen LogP contribution in [0.25, 0.3) is 5.69 Å². The number of rotatable bonds is 6. The number of hydrogen-bond donors (Lipinski definition) is 0. The van der Waals surface area contributed by atoms with Gasteiger partial charge in [0.05, 0.1) is 18.9 Å². The van der Waals surface area contributed by atoms with E-state index in [4.69, 9.17) is 9.47 Å². The van der Waals surface area contributed by atoms with Crippen molar-refractivity contribution in [3.05, 3.63) is 84.2 Å². The molecule has 3 aromatic rings. The molecule has 4 rings (SSSR count). The summed E-state index contributed by atoms with van der Waals surface area (Å²) < 4.78 is 13.9. The molecule has 26 heavy (non-hydrogen) atoms. The van der Waals surface area contributed by atoms with Gasteiger partial charge in [-0.25, -0.2) is 0 Å². The van der Waals surface area contributed by atoms with Crippen molar-refractivity contribution < 1.29 is 9.47 Å². The Balaban J connectivity index is 1.56. The average molecular weight is 348 g/mol. The predicted molar refractivity (Wildman–Crippen MR) is 102 cm³/mol. The largest absolute Gasteiger partial charge is 0.492 e. The second-order valence-corrected chi connectivity index (χ2v) is 6.43. The van der Waals surface area contributed by atoms with Gasteiger partial charge in [0.15, 0.2) is 0 Å². The van der Waals surface area contributed by atoms with Gasteiger partial charge in [-0.05, 0) is 30.7 Å². The second-order valence-electron chi connectivity index (χ2n) is 6.43. The van der Waals surface area contributed by atoms with E-state index >= 15 is 0 Å². The summed E-state index contributed by atoms with van der Waals surface area (Å²) >= 11 is 0. The molecule has 0 radical (unpaired) electrons. The minimum atomic E-state index is -0.00397.